The summed E-state index contributed by atoms with van der Waals surface area (Å²) in [6.45, 7) is -0.301. The monoisotopic (exact) mass is 1200 g/mol. The third-order valence-corrected chi connectivity index (χ3v) is 22.0. The molecular formula is C80H47B2N3O2S3. The Morgan fingerprint density at radius 3 is 1.34 bits per heavy atom. The molecule has 0 saturated heterocycles. The van der Waals surface area contributed by atoms with E-state index in [1.54, 1.807) is 23.5 Å². The van der Waals surface area contributed by atoms with E-state index in [1.807, 2.05) is 11.8 Å². The first kappa shape index (κ1) is 50.7. The van der Waals surface area contributed by atoms with Gasteiger partial charge in [-0.05, 0) is 188 Å². The van der Waals surface area contributed by atoms with Crippen molar-refractivity contribution in [3.63, 3.8) is 0 Å². The predicted molar refractivity (Wildman–Crippen MR) is 381 cm³/mol. The van der Waals surface area contributed by atoms with E-state index < -0.39 is 0 Å². The first-order valence-electron chi connectivity index (χ1n) is 30.6. The van der Waals surface area contributed by atoms with Crippen molar-refractivity contribution in [1.82, 2.24) is 0 Å². The highest BCUT2D eigenvalue weighted by Gasteiger charge is 2.49. The maximum Gasteiger partial charge on any atom is 0.252 e. The Morgan fingerprint density at radius 2 is 0.767 bits per heavy atom. The minimum Gasteiger partial charge on any atom is -0.455 e. The largest absolute Gasteiger partial charge is 0.455 e. The molecule has 0 aliphatic carbocycles. The number of hydrogen-bond donors (Lipinski definition) is 0. The molecule has 6 heterocycles. The molecule has 90 heavy (non-hydrogen) atoms. The average molecular weight is 1200 g/mol. The lowest BCUT2D eigenvalue weighted by molar-refractivity contribution is 0.661. The molecule has 2 aromatic heterocycles. The third kappa shape index (κ3) is 7.59. The molecule has 10 heteroatoms. The van der Waals surface area contributed by atoms with E-state index in [2.05, 4.69) is 300 Å². The van der Waals surface area contributed by atoms with Gasteiger partial charge in [-0.25, -0.2) is 0 Å². The summed E-state index contributed by atoms with van der Waals surface area (Å²) in [5.74, 6) is 0. The molecule has 4 aliphatic heterocycles. The summed E-state index contributed by atoms with van der Waals surface area (Å²) in [7, 11) is 0. The number of anilines is 9. The minimum absolute atomic E-state index is 0.119. The van der Waals surface area contributed by atoms with Crippen molar-refractivity contribution < 1.29 is 8.83 Å². The molecule has 0 unspecified atom stereocenters. The zero-order chi connectivity index (χ0) is 58.7. The van der Waals surface area contributed by atoms with Gasteiger partial charge in [0.05, 0.1) is 10.6 Å². The van der Waals surface area contributed by atoms with Crippen molar-refractivity contribution >= 4 is 198 Å². The first-order chi connectivity index (χ1) is 44.6. The van der Waals surface area contributed by atoms with Gasteiger partial charge < -0.3 is 23.5 Å². The molecular weight excluding hydrogens is 1150 g/mol. The Balaban J connectivity index is 0.866. The second-order valence-electron chi connectivity index (χ2n) is 23.8. The molecule has 0 bridgehead atoms. The van der Waals surface area contributed by atoms with E-state index in [4.69, 9.17) is 8.83 Å². The van der Waals surface area contributed by atoms with Crippen LogP contribution in [0.4, 0.5) is 51.2 Å². The van der Waals surface area contributed by atoms with Crippen LogP contribution in [-0.2, 0) is 0 Å². The van der Waals surface area contributed by atoms with Gasteiger partial charge in [0.15, 0.2) is 5.58 Å². The fraction of sp³-hybridized carbons (Fsp3) is 0. The maximum absolute atomic E-state index is 7.46. The number of furan rings is 2. The lowest BCUT2D eigenvalue weighted by atomic mass is 9.30. The van der Waals surface area contributed by atoms with Gasteiger partial charge in [0.1, 0.15) is 16.7 Å². The van der Waals surface area contributed by atoms with E-state index in [1.165, 1.54) is 72.9 Å². The third-order valence-electron chi connectivity index (χ3n) is 18.8. The SMILES string of the molecule is c1ccc(Sc2ccc3cc4oc5c6c7c(cc5c4cc3c2)N(c2ccccc2)c2cc3c(cc2B7c2ccccc2S6)B2c4ccccc4N(c4ccccc4)c4c2c(cc2c4oc4cc5ccc(Sc6ccccc6)cc5cc42)N3c2ccccc2)cc1. The van der Waals surface area contributed by atoms with Crippen LogP contribution < -0.4 is 47.5 Å². The van der Waals surface area contributed by atoms with Crippen molar-refractivity contribution in [2.75, 3.05) is 14.7 Å². The number of fused-ring (bicyclic) bond motifs is 18. The number of para-hydroxylation sites is 4. The summed E-state index contributed by atoms with van der Waals surface area (Å²) >= 11 is 5.44. The number of rotatable bonds is 7. The van der Waals surface area contributed by atoms with Crippen molar-refractivity contribution in [2.24, 2.45) is 0 Å². The summed E-state index contributed by atoms with van der Waals surface area (Å²) in [6, 6.07) is 105. The summed E-state index contributed by atoms with van der Waals surface area (Å²) in [5.41, 5.74) is 21.1. The molecule has 0 fully saturated rings. The molecule has 4 aliphatic rings. The molecule has 418 valence electrons. The van der Waals surface area contributed by atoms with Gasteiger partial charge in [0, 0.05) is 91.5 Å². The summed E-state index contributed by atoms with van der Waals surface area (Å²) in [6.07, 6.45) is 0. The normalized spacial score (nSPS) is 13.5. The number of hydrogen-bond acceptors (Lipinski definition) is 8. The fourth-order valence-electron chi connectivity index (χ4n) is 15.1. The van der Waals surface area contributed by atoms with Crippen LogP contribution in [0.3, 0.4) is 0 Å². The number of benzene rings is 14. The minimum atomic E-state index is -0.182. The standard InChI is InChI=1S/C80H47B2N3O2S3/c1-6-20-52(21-7-1)83-68-47-69-66(82-64-31-17-19-33-74(64)90-80-76(82)71(84(69)53-22-8-2-9-23-53)45-62-60-41-51-39-58(89-56-28-14-5-15-29-56)37-35-49(51)43-73(60)87-79(62)80)46-65(68)81-63-30-16-18-32-67(63)85(54-24-10-3-11-25-54)77-75(81)70(83)44-61-59-40-50-38-57(88-55-26-12-4-13-27-55)36-34-48(50)42-72(59)86-78(61)77/h1-47H. The molecule has 0 atom stereocenters. The molecule has 0 amide bonds. The maximum atomic E-state index is 7.46. The van der Waals surface area contributed by atoms with E-state index >= 15 is 0 Å². The van der Waals surface area contributed by atoms with Gasteiger partial charge in [-0.15, -0.1) is 0 Å². The topological polar surface area (TPSA) is 36.0 Å². The average Bonchev–Trinajstić information content (AvgIpc) is 1.15. The van der Waals surface area contributed by atoms with Gasteiger partial charge in [-0.1, -0.05) is 186 Å². The van der Waals surface area contributed by atoms with Crippen molar-refractivity contribution in [3.8, 4) is 0 Å². The smallest absolute Gasteiger partial charge is 0.252 e. The molecule has 0 saturated carbocycles. The van der Waals surface area contributed by atoms with Gasteiger partial charge in [-0.3, -0.25) is 0 Å². The Bertz CT molecular complexity index is 5690. The molecule has 0 N–H and O–H groups in total. The Kier molecular flexibility index (Phi) is 11.1. The van der Waals surface area contributed by atoms with Crippen LogP contribution in [0.1, 0.15) is 0 Å². The van der Waals surface area contributed by atoms with Crippen molar-refractivity contribution in [3.05, 3.63) is 285 Å². The Morgan fingerprint density at radius 1 is 0.300 bits per heavy atom. The van der Waals surface area contributed by atoms with Crippen LogP contribution in [0.2, 0.25) is 0 Å². The van der Waals surface area contributed by atoms with Crippen LogP contribution in [-0.4, -0.2) is 13.4 Å². The highest BCUT2D eigenvalue weighted by Crippen LogP contribution is 2.53. The van der Waals surface area contributed by atoms with E-state index in [9.17, 15) is 0 Å². The Labute approximate surface area is 532 Å². The highest BCUT2D eigenvalue weighted by molar-refractivity contribution is 8.00. The van der Waals surface area contributed by atoms with Crippen LogP contribution in [0.25, 0.3) is 65.4 Å². The van der Waals surface area contributed by atoms with Crippen LogP contribution in [0.5, 0.6) is 0 Å². The van der Waals surface area contributed by atoms with Gasteiger partial charge in [0.25, 0.3) is 6.71 Å². The summed E-state index contributed by atoms with van der Waals surface area (Å²) < 4.78 is 14.7. The zero-order valence-corrected chi connectivity index (χ0v) is 50.6. The van der Waals surface area contributed by atoms with E-state index in [-0.39, 0.29) is 13.4 Å². The Hall–Kier alpha value is -10.2. The van der Waals surface area contributed by atoms with E-state index in [0.29, 0.717) is 0 Å². The van der Waals surface area contributed by atoms with Gasteiger partial charge in [-0.2, -0.15) is 0 Å². The lowest BCUT2D eigenvalue weighted by Crippen LogP contribution is -2.64. The molecule has 0 radical (unpaired) electrons. The first-order valence-corrected chi connectivity index (χ1v) is 33.0. The molecule has 5 nitrogen and oxygen atoms in total. The second kappa shape index (κ2) is 19.6. The zero-order valence-electron chi connectivity index (χ0n) is 48.2. The summed E-state index contributed by atoms with van der Waals surface area (Å²) in [5, 5.41) is 9.03. The summed E-state index contributed by atoms with van der Waals surface area (Å²) in [4.78, 5) is 14.8. The predicted octanol–water partition coefficient (Wildman–Crippen LogP) is 18.9. The second-order valence-corrected chi connectivity index (χ2v) is 27.2. The lowest BCUT2D eigenvalue weighted by Gasteiger charge is -2.46. The molecule has 0 spiro atoms. The molecule has 20 rings (SSSR count). The van der Waals surface area contributed by atoms with Crippen molar-refractivity contribution in [1.29, 1.82) is 0 Å². The van der Waals surface area contributed by atoms with Crippen LogP contribution in [0.15, 0.2) is 323 Å². The fourth-order valence-corrected chi connectivity index (χ4v) is 18.1. The van der Waals surface area contributed by atoms with Gasteiger partial charge in [0.2, 0.25) is 6.71 Å². The number of nitrogens with zero attached hydrogens (tertiary/aromatic N) is 3. The quantitative estimate of drug-likeness (QED) is 0.146. The molecule has 16 aromatic rings. The van der Waals surface area contributed by atoms with Crippen LogP contribution in [0, 0.1) is 0 Å². The van der Waals surface area contributed by atoms with Crippen molar-refractivity contribution in [2.45, 2.75) is 29.4 Å². The van der Waals surface area contributed by atoms with Gasteiger partial charge >= 0.3 is 0 Å². The van der Waals surface area contributed by atoms with Crippen LogP contribution >= 0.6 is 35.3 Å². The van der Waals surface area contributed by atoms with E-state index in [0.717, 1.165) is 106 Å². The highest BCUT2D eigenvalue weighted by atomic mass is 32.2. The molecule has 14 aromatic carbocycles.